The Morgan fingerprint density at radius 3 is 2.51 bits per heavy atom. The molecule has 0 aromatic carbocycles. The van der Waals surface area contributed by atoms with Crippen molar-refractivity contribution in [1.82, 2.24) is 20.2 Å². The first-order valence-corrected chi connectivity index (χ1v) is 19.4. The first-order valence-electron chi connectivity index (χ1n) is 19.4. The van der Waals surface area contributed by atoms with E-state index in [2.05, 4.69) is 83.8 Å². The molecular formula is C39H66N6O4. The van der Waals surface area contributed by atoms with Gasteiger partial charge in [0.25, 0.3) is 5.95 Å². The normalized spacial score (nSPS) is 43.5. The summed E-state index contributed by atoms with van der Waals surface area (Å²) in [5, 5.41) is 24.2. The van der Waals surface area contributed by atoms with E-state index in [0.29, 0.717) is 37.6 Å². The fourth-order valence-electron chi connectivity index (χ4n) is 12.6. The first-order chi connectivity index (χ1) is 22.9. The van der Waals surface area contributed by atoms with Gasteiger partial charge < -0.3 is 26.0 Å². The van der Waals surface area contributed by atoms with Crippen molar-refractivity contribution < 1.29 is 19.4 Å². The van der Waals surface area contributed by atoms with Crippen molar-refractivity contribution in [3.63, 3.8) is 0 Å². The predicted molar refractivity (Wildman–Crippen MR) is 191 cm³/mol. The number of hydrogen-bond acceptors (Lipinski definition) is 8. The zero-order valence-corrected chi connectivity index (χ0v) is 31.9. The maximum atomic E-state index is 13.4. The molecule has 0 spiro atoms. The number of nitrogens with zero attached hydrogens (tertiary/aromatic N) is 4. The summed E-state index contributed by atoms with van der Waals surface area (Å²) in [7, 11) is 0. The summed E-state index contributed by atoms with van der Waals surface area (Å²) < 4.78 is 13.7. The van der Waals surface area contributed by atoms with Gasteiger partial charge in [-0.2, -0.15) is 4.80 Å². The molecule has 1 unspecified atom stereocenters. The number of aromatic nitrogens is 4. The Bertz CT molecular complexity index is 1430. The van der Waals surface area contributed by atoms with Crippen LogP contribution in [0.25, 0.3) is 0 Å². The van der Waals surface area contributed by atoms with Crippen LogP contribution in [0.15, 0.2) is 11.6 Å². The highest BCUT2D eigenvalue weighted by Gasteiger charge is 2.72. The lowest BCUT2D eigenvalue weighted by Gasteiger charge is -2.71. The van der Waals surface area contributed by atoms with E-state index in [0.717, 1.165) is 64.2 Å². The molecule has 4 fully saturated rings. The standard InChI is InChI=1S/C39H66N6O4/c1-10-11-12-16-34(5,41)21-49-31-28(45-43-33(40)42-44-45)20-39-23-48-22-36(31,7)29(39)14-13-26-27(39)15-17-38(9)30(32(46)47)35(6,25(4)24(2)3)18-19-37(26,38)8/h15,24-26,28-31H,10-14,16-23,41H2,1-9H3,(H2,40,43)(H,46,47)/t25-,26+,28-,29+,30-,31+,34?,35-,36-,37-,38+,39+/m1/s1. The minimum atomic E-state index is -0.630. The van der Waals surface area contributed by atoms with Crippen LogP contribution < -0.4 is 11.5 Å². The Morgan fingerprint density at radius 2 is 1.88 bits per heavy atom. The van der Waals surface area contributed by atoms with E-state index in [1.807, 2.05) is 0 Å². The number of carboxylic acid groups (broad SMARTS) is 1. The molecule has 1 saturated heterocycles. The Morgan fingerprint density at radius 1 is 1.14 bits per heavy atom. The van der Waals surface area contributed by atoms with Gasteiger partial charge >= 0.3 is 5.97 Å². The number of anilines is 1. The molecule has 1 aliphatic heterocycles. The Balaban J connectivity index is 1.40. The summed E-state index contributed by atoms with van der Waals surface area (Å²) >= 11 is 0. The summed E-state index contributed by atoms with van der Waals surface area (Å²) in [6, 6.07) is -0.185. The molecule has 5 N–H and O–H groups in total. The van der Waals surface area contributed by atoms with Gasteiger partial charge in [-0.3, -0.25) is 4.79 Å². The van der Waals surface area contributed by atoms with E-state index < -0.39 is 17.4 Å². The zero-order valence-electron chi connectivity index (χ0n) is 31.9. The molecule has 5 aliphatic rings. The second-order valence-electron chi connectivity index (χ2n) is 18.9. The number of rotatable bonds is 11. The maximum absolute atomic E-state index is 13.4. The van der Waals surface area contributed by atoms with Gasteiger partial charge in [0, 0.05) is 16.4 Å². The van der Waals surface area contributed by atoms with Gasteiger partial charge in [-0.25, -0.2) is 0 Å². The molecule has 3 saturated carbocycles. The Hall–Kier alpha value is -2.04. The van der Waals surface area contributed by atoms with Gasteiger partial charge in [0.2, 0.25) is 0 Å². The molecule has 276 valence electrons. The highest BCUT2D eigenvalue weighted by Crippen LogP contribution is 2.75. The quantitative estimate of drug-likeness (QED) is 0.164. The van der Waals surface area contributed by atoms with E-state index in [1.165, 1.54) is 5.57 Å². The summed E-state index contributed by atoms with van der Waals surface area (Å²) in [6.07, 6.45) is 12.2. The summed E-state index contributed by atoms with van der Waals surface area (Å²) in [6.45, 7) is 22.2. The molecule has 2 heterocycles. The number of ether oxygens (including phenoxy) is 2. The molecule has 6 rings (SSSR count). The number of hydrogen-bond donors (Lipinski definition) is 3. The van der Waals surface area contributed by atoms with E-state index in [-0.39, 0.29) is 51.1 Å². The van der Waals surface area contributed by atoms with Crippen molar-refractivity contribution in [3.8, 4) is 0 Å². The van der Waals surface area contributed by atoms with Crippen molar-refractivity contribution in [2.45, 2.75) is 144 Å². The fourth-order valence-corrected chi connectivity index (χ4v) is 12.6. The van der Waals surface area contributed by atoms with Crippen LogP contribution >= 0.6 is 0 Å². The van der Waals surface area contributed by atoms with Crippen molar-refractivity contribution in [3.05, 3.63) is 11.6 Å². The van der Waals surface area contributed by atoms with Crippen LogP contribution in [0, 0.1) is 56.7 Å². The van der Waals surface area contributed by atoms with Crippen LogP contribution in [0.5, 0.6) is 0 Å². The summed E-state index contributed by atoms with van der Waals surface area (Å²) in [5.74, 6) is 0.475. The maximum Gasteiger partial charge on any atom is 0.307 e. The number of allylic oxidation sites excluding steroid dienone is 1. The minimum absolute atomic E-state index is 0.150. The number of aliphatic carboxylic acids is 1. The molecule has 1 aromatic heterocycles. The average molecular weight is 683 g/mol. The highest BCUT2D eigenvalue weighted by atomic mass is 16.5. The zero-order chi connectivity index (χ0) is 35.8. The van der Waals surface area contributed by atoms with E-state index in [9.17, 15) is 9.90 Å². The molecule has 10 nitrogen and oxygen atoms in total. The van der Waals surface area contributed by atoms with Crippen LogP contribution in [-0.2, 0) is 14.3 Å². The number of carbonyl (C=O) groups is 1. The molecule has 49 heavy (non-hydrogen) atoms. The fraction of sp³-hybridized carbons (Fsp3) is 0.897. The third kappa shape index (κ3) is 5.51. The molecule has 1 aromatic rings. The molecule has 2 bridgehead atoms. The number of nitrogen functional groups attached to an aromatic ring is 1. The lowest BCUT2D eigenvalue weighted by atomic mass is 9.34. The van der Waals surface area contributed by atoms with Crippen LogP contribution in [0.2, 0.25) is 0 Å². The van der Waals surface area contributed by atoms with Crippen molar-refractivity contribution in [2.24, 2.45) is 62.4 Å². The molecule has 4 aliphatic carbocycles. The van der Waals surface area contributed by atoms with Gasteiger partial charge in [0.1, 0.15) is 6.04 Å². The molecule has 10 heteroatoms. The predicted octanol–water partition coefficient (Wildman–Crippen LogP) is 7.07. The van der Waals surface area contributed by atoms with Crippen LogP contribution in [-0.4, -0.2) is 62.7 Å². The SMILES string of the molecule is CCCCCC(C)(N)CO[C@H]1[C@H](n2nnc(N)n2)C[C@@]23COC[C@]1(C)[C@@H]2CC[C@H]1C3=CC[C@@]2(C)[C@H](C(=O)O)[C@@](C)([C@H](C)C(C)C)CC[C@]12C. The summed E-state index contributed by atoms with van der Waals surface area (Å²) in [4.78, 5) is 15.2. The van der Waals surface area contributed by atoms with E-state index in [4.69, 9.17) is 20.9 Å². The van der Waals surface area contributed by atoms with Gasteiger partial charge in [0.15, 0.2) is 0 Å². The van der Waals surface area contributed by atoms with Crippen molar-refractivity contribution >= 4 is 11.9 Å². The highest BCUT2D eigenvalue weighted by molar-refractivity contribution is 5.73. The van der Waals surface area contributed by atoms with Crippen LogP contribution in [0.3, 0.4) is 0 Å². The third-order valence-electron chi connectivity index (χ3n) is 15.8. The second kappa shape index (κ2) is 12.6. The topological polar surface area (TPSA) is 151 Å². The third-order valence-corrected chi connectivity index (χ3v) is 15.8. The lowest BCUT2D eigenvalue weighted by Crippen LogP contribution is -2.69. The second-order valence-corrected chi connectivity index (χ2v) is 18.9. The van der Waals surface area contributed by atoms with E-state index in [1.54, 1.807) is 4.80 Å². The molecular weight excluding hydrogens is 616 g/mol. The Labute approximate surface area is 294 Å². The van der Waals surface area contributed by atoms with Gasteiger partial charge in [-0.15, -0.1) is 5.10 Å². The van der Waals surface area contributed by atoms with Crippen molar-refractivity contribution in [1.29, 1.82) is 0 Å². The Kier molecular flexibility index (Phi) is 9.43. The number of unbranched alkanes of at least 4 members (excludes halogenated alkanes) is 2. The van der Waals surface area contributed by atoms with E-state index >= 15 is 0 Å². The first kappa shape index (κ1) is 36.7. The van der Waals surface area contributed by atoms with Gasteiger partial charge in [-0.1, -0.05) is 91.4 Å². The van der Waals surface area contributed by atoms with Crippen LogP contribution in [0.1, 0.15) is 133 Å². The number of carboxylic acids is 1. The van der Waals surface area contributed by atoms with Gasteiger partial charge in [0.05, 0.1) is 31.8 Å². The smallest absolute Gasteiger partial charge is 0.307 e. The van der Waals surface area contributed by atoms with Crippen LogP contribution in [0.4, 0.5) is 5.95 Å². The average Bonchev–Trinajstić information content (AvgIpc) is 3.46. The number of fused-ring (bicyclic) bond motifs is 3. The molecule has 0 radical (unpaired) electrons. The summed E-state index contributed by atoms with van der Waals surface area (Å²) in [5.41, 5.74) is 12.7. The van der Waals surface area contributed by atoms with Gasteiger partial charge in [-0.05, 0) is 97.0 Å². The van der Waals surface area contributed by atoms with Crippen molar-refractivity contribution in [2.75, 3.05) is 25.6 Å². The number of nitrogens with two attached hydrogens (primary N) is 2. The largest absolute Gasteiger partial charge is 0.481 e. The monoisotopic (exact) mass is 683 g/mol. The molecule has 0 amide bonds. The minimum Gasteiger partial charge on any atom is -0.481 e. The number of tetrazole rings is 1. The lowest BCUT2D eigenvalue weighted by molar-refractivity contribution is -0.253. The molecule has 12 atom stereocenters.